The van der Waals surface area contributed by atoms with E-state index >= 15 is 0 Å². The van der Waals surface area contributed by atoms with Gasteiger partial charge >= 0.3 is 6.18 Å². The lowest BCUT2D eigenvalue weighted by atomic mass is 9.87. The van der Waals surface area contributed by atoms with Gasteiger partial charge in [-0.2, -0.15) is 13.2 Å². The van der Waals surface area contributed by atoms with Crippen LogP contribution in [0.4, 0.5) is 23.2 Å². The van der Waals surface area contributed by atoms with Gasteiger partial charge < -0.3 is 4.90 Å². The monoisotopic (exact) mass is 407 g/mol. The average molecular weight is 407 g/mol. The number of ketones is 1. The second-order valence-electron chi connectivity index (χ2n) is 8.88. The molecule has 2 nitrogen and oxygen atoms in total. The Hall–Kier alpha value is -2.37. The molecule has 0 atom stereocenters. The smallest absolute Gasteiger partial charge is 0.367 e. The van der Waals surface area contributed by atoms with Crippen molar-refractivity contribution in [2.45, 2.75) is 52.8 Å². The van der Waals surface area contributed by atoms with E-state index in [2.05, 4.69) is 0 Å². The highest BCUT2D eigenvalue weighted by atomic mass is 19.4. The van der Waals surface area contributed by atoms with Crippen molar-refractivity contribution < 1.29 is 22.4 Å². The number of alkyl halides is 3. The molecule has 3 rings (SSSR count). The zero-order valence-corrected chi connectivity index (χ0v) is 16.9. The summed E-state index contributed by atoms with van der Waals surface area (Å²) in [5.41, 5.74) is 1.24. The molecule has 0 fully saturated rings. The van der Waals surface area contributed by atoms with Gasteiger partial charge in [-0.15, -0.1) is 0 Å². The summed E-state index contributed by atoms with van der Waals surface area (Å²) in [5, 5.41) is 0. The van der Waals surface area contributed by atoms with Crippen molar-refractivity contribution >= 4 is 11.5 Å². The summed E-state index contributed by atoms with van der Waals surface area (Å²) in [6, 6.07) is 8.72. The zero-order valence-electron chi connectivity index (χ0n) is 16.9. The minimum Gasteiger partial charge on any atom is -0.367 e. The number of anilines is 1. The third-order valence-corrected chi connectivity index (χ3v) is 5.06. The molecule has 0 aliphatic carbocycles. The first-order valence-corrected chi connectivity index (χ1v) is 9.66. The number of nitrogens with zero attached hydrogens (tertiary/aromatic N) is 1. The van der Waals surface area contributed by atoms with Crippen molar-refractivity contribution in [2.24, 2.45) is 5.41 Å². The third-order valence-electron chi connectivity index (χ3n) is 5.06. The fraction of sp³-hybridized carbons (Fsp3) is 0.435. The Morgan fingerprint density at radius 2 is 1.76 bits per heavy atom. The van der Waals surface area contributed by atoms with Crippen LogP contribution in [0, 0.1) is 11.2 Å². The number of rotatable bonds is 4. The molecule has 2 aromatic carbocycles. The van der Waals surface area contributed by atoms with E-state index < -0.39 is 11.7 Å². The Morgan fingerprint density at radius 3 is 2.41 bits per heavy atom. The van der Waals surface area contributed by atoms with Gasteiger partial charge in [0.2, 0.25) is 0 Å². The molecule has 0 saturated heterocycles. The van der Waals surface area contributed by atoms with E-state index in [1.54, 1.807) is 12.1 Å². The number of fused-ring (bicyclic) bond motifs is 1. The van der Waals surface area contributed by atoms with E-state index in [4.69, 9.17) is 0 Å². The highest BCUT2D eigenvalue weighted by Gasteiger charge is 2.35. The lowest BCUT2D eigenvalue weighted by Crippen LogP contribution is -2.30. The van der Waals surface area contributed by atoms with Crippen LogP contribution in [0.1, 0.15) is 49.4 Å². The highest BCUT2D eigenvalue weighted by Crippen LogP contribution is 2.36. The number of carbonyl (C=O) groups is 1. The Labute approximate surface area is 168 Å². The molecule has 0 N–H and O–H groups in total. The number of hydrogen-bond acceptors (Lipinski definition) is 2. The average Bonchev–Trinajstić information content (AvgIpc) is 2.59. The summed E-state index contributed by atoms with van der Waals surface area (Å²) in [6.45, 7) is 6.60. The molecule has 2 aromatic rings. The summed E-state index contributed by atoms with van der Waals surface area (Å²) >= 11 is 0. The number of halogens is 4. The van der Waals surface area contributed by atoms with Crippen LogP contribution in [0.2, 0.25) is 0 Å². The Morgan fingerprint density at radius 1 is 1.03 bits per heavy atom. The van der Waals surface area contributed by atoms with Crippen LogP contribution < -0.4 is 4.90 Å². The molecule has 0 saturated carbocycles. The number of benzene rings is 2. The molecule has 0 aromatic heterocycles. The SMILES string of the molecule is CC(C)(C)CC(=O)Cc1ccc(N2CCc3cc(F)ccc3C2)cc1C(F)(F)F. The maximum absolute atomic E-state index is 13.7. The minimum absolute atomic E-state index is 0.00924. The molecule has 0 radical (unpaired) electrons. The van der Waals surface area contributed by atoms with E-state index in [0.717, 1.165) is 17.2 Å². The van der Waals surface area contributed by atoms with E-state index in [0.29, 0.717) is 25.2 Å². The molecular weight excluding hydrogens is 382 g/mol. The highest BCUT2D eigenvalue weighted by molar-refractivity contribution is 5.82. The van der Waals surface area contributed by atoms with E-state index in [1.165, 1.54) is 18.2 Å². The quantitative estimate of drug-likeness (QED) is 0.584. The summed E-state index contributed by atoms with van der Waals surface area (Å²) in [4.78, 5) is 14.1. The Balaban J connectivity index is 1.86. The van der Waals surface area contributed by atoms with Gasteiger partial charge in [0.05, 0.1) is 5.56 Å². The molecule has 1 heterocycles. The van der Waals surface area contributed by atoms with Crippen LogP contribution in [-0.2, 0) is 30.4 Å². The van der Waals surface area contributed by atoms with Gasteiger partial charge in [-0.25, -0.2) is 4.39 Å². The summed E-state index contributed by atoms with van der Waals surface area (Å²) < 4.78 is 54.5. The lowest BCUT2D eigenvalue weighted by Gasteiger charge is -2.31. The van der Waals surface area contributed by atoms with E-state index in [-0.39, 0.29) is 35.4 Å². The Bertz CT molecular complexity index is 912. The molecule has 156 valence electrons. The first-order chi connectivity index (χ1) is 13.4. The van der Waals surface area contributed by atoms with Crippen LogP contribution in [0.3, 0.4) is 0 Å². The van der Waals surface area contributed by atoms with E-state index in [9.17, 15) is 22.4 Å². The molecule has 1 aliphatic heterocycles. The molecule has 0 bridgehead atoms. The van der Waals surface area contributed by atoms with Gasteiger partial charge in [-0.05, 0) is 52.8 Å². The van der Waals surface area contributed by atoms with Gasteiger partial charge in [-0.1, -0.05) is 32.9 Å². The topological polar surface area (TPSA) is 20.3 Å². The number of Topliss-reactive ketones (excluding diaryl/α,β-unsaturated/α-hetero) is 1. The summed E-state index contributed by atoms with van der Waals surface area (Å²) in [5.74, 6) is -0.509. The van der Waals surface area contributed by atoms with Gasteiger partial charge in [0.25, 0.3) is 0 Å². The predicted octanol–water partition coefficient (Wildman–Crippen LogP) is 5.96. The maximum atomic E-state index is 13.7. The van der Waals surface area contributed by atoms with Crippen LogP contribution >= 0.6 is 0 Å². The maximum Gasteiger partial charge on any atom is 0.416 e. The largest absolute Gasteiger partial charge is 0.416 e. The second-order valence-corrected chi connectivity index (χ2v) is 8.88. The molecule has 6 heteroatoms. The van der Waals surface area contributed by atoms with E-state index in [1.807, 2.05) is 25.7 Å². The van der Waals surface area contributed by atoms with Gasteiger partial charge in [-0.3, -0.25) is 4.79 Å². The second kappa shape index (κ2) is 7.81. The minimum atomic E-state index is -4.54. The van der Waals surface area contributed by atoms with Crippen molar-refractivity contribution in [3.63, 3.8) is 0 Å². The molecular formula is C23H25F4NO. The van der Waals surface area contributed by atoms with Gasteiger partial charge in [0.15, 0.2) is 0 Å². The fourth-order valence-electron chi connectivity index (χ4n) is 3.79. The van der Waals surface area contributed by atoms with Crippen molar-refractivity contribution in [1.29, 1.82) is 0 Å². The summed E-state index contributed by atoms with van der Waals surface area (Å²) in [7, 11) is 0. The fourth-order valence-corrected chi connectivity index (χ4v) is 3.79. The first-order valence-electron chi connectivity index (χ1n) is 9.66. The van der Waals surface area contributed by atoms with Gasteiger partial charge in [0, 0.05) is 31.6 Å². The Kier molecular flexibility index (Phi) is 5.74. The van der Waals surface area contributed by atoms with Crippen molar-refractivity contribution in [1.82, 2.24) is 0 Å². The molecule has 0 amide bonds. The lowest BCUT2D eigenvalue weighted by molar-refractivity contribution is -0.138. The normalized spacial score (nSPS) is 14.7. The molecule has 29 heavy (non-hydrogen) atoms. The summed E-state index contributed by atoms with van der Waals surface area (Å²) in [6.07, 6.45) is -3.97. The van der Waals surface area contributed by atoms with Gasteiger partial charge in [0.1, 0.15) is 11.6 Å². The molecule has 0 unspecified atom stereocenters. The van der Waals surface area contributed by atoms with Crippen molar-refractivity contribution in [3.05, 3.63) is 64.5 Å². The number of hydrogen-bond donors (Lipinski definition) is 0. The third kappa shape index (κ3) is 5.37. The van der Waals surface area contributed by atoms with Crippen LogP contribution in [0.15, 0.2) is 36.4 Å². The van der Waals surface area contributed by atoms with Crippen LogP contribution in [0.25, 0.3) is 0 Å². The van der Waals surface area contributed by atoms with Crippen molar-refractivity contribution in [2.75, 3.05) is 11.4 Å². The van der Waals surface area contributed by atoms with Crippen molar-refractivity contribution in [3.8, 4) is 0 Å². The standard InChI is InChI=1S/C23H25F4NO/c1-22(2,3)13-20(29)11-16-5-7-19(12-21(16)23(25,26)27)28-9-8-15-10-18(24)6-4-17(15)14-28/h4-7,10,12H,8-9,11,13-14H2,1-3H3. The van der Waals surface area contributed by atoms with Crippen LogP contribution in [0.5, 0.6) is 0 Å². The van der Waals surface area contributed by atoms with Crippen LogP contribution in [-0.4, -0.2) is 12.3 Å². The predicted molar refractivity (Wildman–Crippen MR) is 105 cm³/mol. The number of carbonyl (C=O) groups excluding carboxylic acids is 1. The molecule has 1 aliphatic rings. The molecule has 0 spiro atoms. The first kappa shape index (κ1) is 21.3. The zero-order chi connectivity index (χ0) is 21.4.